The maximum absolute atomic E-state index is 12.4. The molecule has 0 N–H and O–H groups in total. The molecular weight excluding hydrogens is 282 g/mol. The first-order chi connectivity index (χ1) is 9.04. The van der Waals surface area contributed by atoms with Gasteiger partial charge in [-0.2, -0.15) is 4.31 Å². The van der Waals surface area contributed by atoms with Crippen LogP contribution < -0.4 is 0 Å². The van der Waals surface area contributed by atoms with E-state index in [4.69, 9.17) is 0 Å². The summed E-state index contributed by atoms with van der Waals surface area (Å²) in [6, 6.07) is 3.43. The fourth-order valence-corrected chi connectivity index (χ4v) is 3.89. The molecule has 0 spiro atoms. The van der Waals surface area contributed by atoms with Crippen molar-refractivity contribution in [2.24, 2.45) is 0 Å². The van der Waals surface area contributed by atoms with Crippen LogP contribution in [0.3, 0.4) is 0 Å². The van der Waals surface area contributed by atoms with Crippen molar-refractivity contribution in [1.82, 2.24) is 14.2 Å². The Bertz CT molecular complexity index is 508. The summed E-state index contributed by atoms with van der Waals surface area (Å²) in [6.07, 6.45) is 1.46. The van der Waals surface area contributed by atoms with E-state index in [1.165, 1.54) is 10.5 Å². The fraction of sp³-hybridized carbons (Fsp3) is 0.583. The standard InChI is InChI=1S/C12H19N3O2S2/c1-3-18-12-5-4-11(10-13-12)19(16,17)15-8-6-14(2)7-9-15/h4-5,10H,3,6-9H2,1-2H3. The minimum Gasteiger partial charge on any atom is -0.304 e. The summed E-state index contributed by atoms with van der Waals surface area (Å²) in [7, 11) is -1.38. The normalized spacial score (nSPS) is 18.6. The predicted molar refractivity (Wildman–Crippen MR) is 76.9 cm³/mol. The average Bonchev–Trinajstić information content (AvgIpc) is 2.40. The lowest BCUT2D eigenvalue weighted by atomic mass is 10.4. The quantitative estimate of drug-likeness (QED) is 0.780. The number of hydrogen-bond donors (Lipinski definition) is 0. The van der Waals surface area contributed by atoms with Crippen molar-refractivity contribution in [1.29, 1.82) is 0 Å². The molecule has 0 unspecified atom stereocenters. The van der Waals surface area contributed by atoms with Crippen LogP contribution in [0.25, 0.3) is 0 Å². The van der Waals surface area contributed by atoms with Crippen molar-refractivity contribution in [3.05, 3.63) is 18.3 Å². The van der Waals surface area contributed by atoms with Crippen LogP contribution in [0.1, 0.15) is 6.92 Å². The van der Waals surface area contributed by atoms with Gasteiger partial charge in [0.1, 0.15) is 4.90 Å². The lowest BCUT2D eigenvalue weighted by Gasteiger charge is -2.31. The van der Waals surface area contributed by atoms with Gasteiger partial charge < -0.3 is 4.90 Å². The smallest absolute Gasteiger partial charge is 0.244 e. The van der Waals surface area contributed by atoms with Crippen LogP contribution in [0.5, 0.6) is 0 Å². The highest BCUT2D eigenvalue weighted by Gasteiger charge is 2.27. The van der Waals surface area contributed by atoms with Crippen LogP contribution in [-0.2, 0) is 10.0 Å². The van der Waals surface area contributed by atoms with E-state index in [2.05, 4.69) is 9.88 Å². The van der Waals surface area contributed by atoms with E-state index >= 15 is 0 Å². The second-order valence-corrected chi connectivity index (χ2v) is 7.69. The number of sulfonamides is 1. The summed E-state index contributed by atoms with van der Waals surface area (Å²) in [5, 5.41) is 0.861. The molecule has 0 saturated carbocycles. The Morgan fingerprint density at radius 1 is 1.26 bits per heavy atom. The second-order valence-electron chi connectivity index (χ2n) is 4.47. The van der Waals surface area contributed by atoms with Gasteiger partial charge in [0.25, 0.3) is 0 Å². The molecule has 1 aromatic heterocycles. The molecule has 0 radical (unpaired) electrons. The first kappa shape index (κ1) is 14.8. The highest BCUT2D eigenvalue weighted by Crippen LogP contribution is 2.20. The van der Waals surface area contributed by atoms with Gasteiger partial charge in [-0.25, -0.2) is 13.4 Å². The Morgan fingerprint density at radius 2 is 1.95 bits per heavy atom. The highest BCUT2D eigenvalue weighted by atomic mass is 32.2. The molecule has 1 fully saturated rings. The van der Waals surface area contributed by atoms with E-state index in [0.29, 0.717) is 13.1 Å². The molecule has 1 saturated heterocycles. The third-order valence-corrected chi connectivity index (χ3v) is 5.81. The number of rotatable bonds is 4. The summed E-state index contributed by atoms with van der Waals surface area (Å²) < 4.78 is 26.4. The maximum atomic E-state index is 12.4. The van der Waals surface area contributed by atoms with E-state index in [1.807, 2.05) is 14.0 Å². The van der Waals surface area contributed by atoms with E-state index in [-0.39, 0.29) is 4.90 Å². The molecule has 2 rings (SSSR count). The third kappa shape index (κ3) is 3.47. The number of nitrogens with zero attached hydrogens (tertiary/aromatic N) is 3. The number of pyridine rings is 1. The monoisotopic (exact) mass is 301 g/mol. The van der Waals surface area contributed by atoms with Gasteiger partial charge in [-0.05, 0) is 24.9 Å². The predicted octanol–water partition coefficient (Wildman–Crippen LogP) is 1.13. The van der Waals surface area contributed by atoms with Crippen molar-refractivity contribution >= 4 is 21.8 Å². The largest absolute Gasteiger partial charge is 0.304 e. The van der Waals surface area contributed by atoms with Crippen LogP contribution in [0, 0.1) is 0 Å². The van der Waals surface area contributed by atoms with E-state index in [9.17, 15) is 8.42 Å². The van der Waals surface area contributed by atoms with E-state index in [0.717, 1.165) is 23.9 Å². The van der Waals surface area contributed by atoms with Gasteiger partial charge >= 0.3 is 0 Å². The van der Waals surface area contributed by atoms with Crippen molar-refractivity contribution in [3.8, 4) is 0 Å². The van der Waals surface area contributed by atoms with Gasteiger partial charge in [0.15, 0.2) is 0 Å². The zero-order valence-corrected chi connectivity index (χ0v) is 12.9. The zero-order valence-electron chi connectivity index (χ0n) is 11.2. The Hall–Kier alpha value is -0.630. The summed E-state index contributed by atoms with van der Waals surface area (Å²) in [5.74, 6) is 0.928. The minimum atomic E-state index is -3.38. The molecule has 5 nitrogen and oxygen atoms in total. The molecule has 1 aliphatic heterocycles. The molecular formula is C12H19N3O2S2. The molecule has 0 bridgehead atoms. The van der Waals surface area contributed by atoms with Crippen LogP contribution in [0.2, 0.25) is 0 Å². The van der Waals surface area contributed by atoms with Crippen molar-refractivity contribution < 1.29 is 8.42 Å². The van der Waals surface area contributed by atoms with E-state index in [1.54, 1.807) is 23.9 Å². The molecule has 0 aromatic carbocycles. The summed E-state index contributed by atoms with van der Waals surface area (Å²) in [6.45, 7) is 4.68. The number of thioether (sulfide) groups is 1. The maximum Gasteiger partial charge on any atom is 0.244 e. The Kier molecular flexibility index (Phi) is 4.83. The number of hydrogen-bond acceptors (Lipinski definition) is 5. The lowest BCUT2D eigenvalue weighted by Crippen LogP contribution is -2.47. The molecule has 19 heavy (non-hydrogen) atoms. The number of piperazine rings is 1. The van der Waals surface area contributed by atoms with Crippen molar-refractivity contribution in [2.75, 3.05) is 39.0 Å². The molecule has 2 heterocycles. The summed E-state index contributed by atoms with van der Waals surface area (Å²) in [4.78, 5) is 6.61. The average molecular weight is 301 g/mol. The Morgan fingerprint density at radius 3 is 2.47 bits per heavy atom. The molecule has 0 aliphatic carbocycles. The molecule has 1 aromatic rings. The zero-order chi connectivity index (χ0) is 13.9. The molecule has 106 valence electrons. The lowest BCUT2D eigenvalue weighted by molar-refractivity contribution is 0.222. The van der Waals surface area contributed by atoms with Crippen LogP contribution >= 0.6 is 11.8 Å². The van der Waals surface area contributed by atoms with Gasteiger partial charge in [-0.15, -0.1) is 11.8 Å². The van der Waals surface area contributed by atoms with Gasteiger partial charge in [0.2, 0.25) is 10.0 Å². The number of aromatic nitrogens is 1. The topological polar surface area (TPSA) is 53.5 Å². The first-order valence-corrected chi connectivity index (χ1v) is 8.74. The molecule has 7 heteroatoms. The van der Waals surface area contributed by atoms with Gasteiger partial charge in [-0.1, -0.05) is 6.92 Å². The highest BCUT2D eigenvalue weighted by molar-refractivity contribution is 7.99. The van der Waals surface area contributed by atoms with E-state index < -0.39 is 10.0 Å². The first-order valence-electron chi connectivity index (χ1n) is 6.31. The molecule has 1 aliphatic rings. The van der Waals surface area contributed by atoms with Gasteiger partial charge in [0.05, 0.1) is 5.03 Å². The SMILES string of the molecule is CCSc1ccc(S(=O)(=O)N2CCN(C)CC2)cn1. The van der Waals surface area contributed by atoms with Crippen LogP contribution in [0.15, 0.2) is 28.3 Å². The van der Waals surface area contributed by atoms with Crippen molar-refractivity contribution in [3.63, 3.8) is 0 Å². The second kappa shape index (κ2) is 6.21. The minimum absolute atomic E-state index is 0.289. The van der Waals surface area contributed by atoms with Gasteiger partial charge in [-0.3, -0.25) is 0 Å². The van der Waals surface area contributed by atoms with Crippen molar-refractivity contribution in [2.45, 2.75) is 16.8 Å². The van der Waals surface area contributed by atoms with Crippen LogP contribution in [-0.4, -0.2) is 61.6 Å². The van der Waals surface area contributed by atoms with Crippen LogP contribution in [0.4, 0.5) is 0 Å². The fourth-order valence-electron chi connectivity index (χ4n) is 1.93. The summed E-state index contributed by atoms with van der Waals surface area (Å²) in [5.41, 5.74) is 0. The molecule has 0 amide bonds. The third-order valence-electron chi connectivity index (χ3n) is 3.10. The van der Waals surface area contributed by atoms with Gasteiger partial charge in [0, 0.05) is 32.4 Å². The summed E-state index contributed by atoms with van der Waals surface area (Å²) >= 11 is 1.60. The molecule has 0 atom stereocenters. The Balaban J connectivity index is 2.15. The Labute approximate surface area is 119 Å². The number of likely N-dealkylation sites (N-methyl/N-ethyl adjacent to an activating group) is 1.